The number of carbonyl (C=O) groups excluding carboxylic acids is 2. The molecule has 0 bridgehead atoms. The van der Waals surface area contributed by atoms with Crippen LogP contribution in [0.25, 0.3) is 0 Å². The molecule has 0 fully saturated rings. The van der Waals surface area contributed by atoms with Gasteiger partial charge in [-0.15, -0.1) is 0 Å². The van der Waals surface area contributed by atoms with E-state index in [9.17, 15) is 9.59 Å². The fraction of sp³-hybridized carbons (Fsp3) is 0.600. The van der Waals surface area contributed by atoms with Crippen LogP contribution in [0.3, 0.4) is 0 Å². The first kappa shape index (κ1) is 21.2. The largest absolute Gasteiger partial charge is 0.466 e. The molecule has 0 radical (unpaired) electrons. The van der Waals surface area contributed by atoms with Gasteiger partial charge in [0.05, 0.1) is 26.1 Å². The molecule has 0 heterocycles. The van der Waals surface area contributed by atoms with Crippen LogP contribution in [0.15, 0.2) is 30.3 Å². The lowest BCUT2D eigenvalue weighted by Crippen LogP contribution is -2.37. The molecular weight excluding hydrogens is 318 g/mol. The molecule has 0 unspecified atom stereocenters. The number of nitrogens with zero attached hydrogens (tertiary/aromatic N) is 1. The minimum atomic E-state index is -0.195. The molecular formula is C20H31NO4. The zero-order valence-corrected chi connectivity index (χ0v) is 15.7. The van der Waals surface area contributed by atoms with E-state index in [1.54, 1.807) is 13.8 Å². The summed E-state index contributed by atoms with van der Waals surface area (Å²) in [5, 5.41) is 0. The van der Waals surface area contributed by atoms with Crippen molar-refractivity contribution in [3.05, 3.63) is 35.9 Å². The van der Waals surface area contributed by atoms with Gasteiger partial charge in [0.1, 0.15) is 0 Å². The summed E-state index contributed by atoms with van der Waals surface area (Å²) in [7, 11) is 0. The van der Waals surface area contributed by atoms with E-state index >= 15 is 0 Å². The van der Waals surface area contributed by atoms with Crippen molar-refractivity contribution in [3.63, 3.8) is 0 Å². The molecule has 1 atom stereocenters. The topological polar surface area (TPSA) is 55.8 Å². The van der Waals surface area contributed by atoms with E-state index in [4.69, 9.17) is 9.47 Å². The van der Waals surface area contributed by atoms with Crippen LogP contribution in [0, 0.1) is 0 Å². The molecule has 0 saturated carbocycles. The van der Waals surface area contributed by atoms with Gasteiger partial charge in [0.25, 0.3) is 0 Å². The molecule has 0 aliphatic heterocycles. The Labute approximate surface area is 151 Å². The van der Waals surface area contributed by atoms with Gasteiger partial charge < -0.3 is 9.47 Å². The molecule has 5 nitrogen and oxygen atoms in total. The normalized spacial score (nSPS) is 12.0. The second kappa shape index (κ2) is 12.5. The SMILES string of the molecule is CCOC(=O)CCN(CCC(=O)OCC)[C@@H](C)CCc1ccccc1. The fourth-order valence-corrected chi connectivity index (χ4v) is 2.69. The Balaban J connectivity index is 2.54. The zero-order chi connectivity index (χ0) is 18.5. The van der Waals surface area contributed by atoms with Crippen molar-refractivity contribution in [3.8, 4) is 0 Å². The van der Waals surface area contributed by atoms with Gasteiger partial charge in [-0.2, -0.15) is 0 Å². The average molecular weight is 349 g/mol. The second-order valence-corrected chi connectivity index (χ2v) is 6.02. The van der Waals surface area contributed by atoms with Crippen LogP contribution in [0.2, 0.25) is 0 Å². The predicted molar refractivity (Wildman–Crippen MR) is 98.3 cm³/mol. The number of aryl methyl sites for hydroxylation is 1. The predicted octanol–water partition coefficient (Wildman–Crippen LogP) is 3.22. The second-order valence-electron chi connectivity index (χ2n) is 6.02. The van der Waals surface area contributed by atoms with E-state index in [0.29, 0.717) is 39.1 Å². The molecule has 0 spiro atoms. The first-order valence-corrected chi connectivity index (χ1v) is 9.16. The third-order valence-corrected chi connectivity index (χ3v) is 4.13. The lowest BCUT2D eigenvalue weighted by Gasteiger charge is -2.28. The van der Waals surface area contributed by atoms with E-state index in [2.05, 4.69) is 24.0 Å². The smallest absolute Gasteiger partial charge is 0.307 e. The van der Waals surface area contributed by atoms with E-state index in [0.717, 1.165) is 12.8 Å². The first-order chi connectivity index (χ1) is 12.1. The van der Waals surface area contributed by atoms with Crippen molar-refractivity contribution in [1.82, 2.24) is 4.90 Å². The summed E-state index contributed by atoms with van der Waals surface area (Å²) >= 11 is 0. The van der Waals surface area contributed by atoms with Crippen molar-refractivity contribution < 1.29 is 19.1 Å². The Morgan fingerprint density at radius 1 is 0.960 bits per heavy atom. The Hall–Kier alpha value is -1.88. The van der Waals surface area contributed by atoms with Crippen LogP contribution in [0.5, 0.6) is 0 Å². The molecule has 0 amide bonds. The maximum atomic E-state index is 11.6. The number of benzene rings is 1. The van der Waals surface area contributed by atoms with Crippen LogP contribution in [0.1, 0.15) is 45.6 Å². The number of hydrogen-bond acceptors (Lipinski definition) is 5. The number of carbonyl (C=O) groups is 2. The van der Waals surface area contributed by atoms with Gasteiger partial charge in [-0.3, -0.25) is 14.5 Å². The minimum Gasteiger partial charge on any atom is -0.466 e. The Bertz CT molecular complexity index is 482. The van der Waals surface area contributed by atoms with Crippen molar-refractivity contribution in [1.29, 1.82) is 0 Å². The highest BCUT2D eigenvalue weighted by molar-refractivity contribution is 5.70. The van der Waals surface area contributed by atoms with Crippen molar-refractivity contribution in [2.24, 2.45) is 0 Å². The minimum absolute atomic E-state index is 0.195. The number of rotatable bonds is 12. The van der Waals surface area contributed by atoms with E-state index in [1.807, 2.05) is 18.2 Å². The molecule has 0 N–H and O–H groups in total. The molecule has 1 aromatic rings. The monoisotopic (exact) mass is 349 g/mol. The summed E-state index contributed by atoms with van der Waals surface area (Å²) in [6.45, 7) is 7.72. The van der Waals surface area contributed by atoms with Gasteiger partial charge in [-0.25, -0.2) is 0 Å². The molecule has 0 aromatic heterocycles. The molecule has 1 rings (SSSR count). The molecule has 5 heteroatoms. The zero-order valence-electron chi connectivity index (χ0n) is 15.7. The number of esters is 2. The van der Waals surface area contributed by atoms with Gasteiger partial charge >= 0.3 is 11.9 Å². The molecule has 0 aliphatic carbocycles. The van der Waals surface area contributed by atoms with Crippen LogP contribution in [-0.4, -0.2) is 49.2 Å². The van der Waals surface area contributed by atoms with E-state index in [-0.39, 0.29) is 18.0 Å². The van der Waals surface area contributed by atoms with Gasteiger partial charge in [0, 0.05) is 19.1 Å². The van der Waals surface area contributed by atoms with E-state index in [1.165, 1.54) is 5.56 Å². The van der Waals surface area contributed by atoms with Crippen LogP contribution in [-0.2, 0) is 25.5 Å². The third-order valence-electron chi connectivity index (χ3n) is 4.13. The van der Waals surface area contributed by atoms with Crippen LogP contribution < -0.4 is 0 Å². The maximum Gasteiger partial charge on any atom is 0.307 e. The van der Waals surface area contributed by atoms with Crippen molar-refractivity contribution in [2.75, 3.05) is 26.3 Å². The quantitative estimate of drug-likeness (QED) is 0.542. The lowest BCUT2D eigenvalue weighted by molar-refractivity contribution is -0.143. The summed E-state index contributed by atoms with van der Waals surface area (Å²) in [4.78, 5) is 25.5. The molecule has 0 saturated heterocycles. The summed E-state index contributed by atoms with van der Waals surface area (Å²) in [6.07, 6.45) is 2.62. The molecule has 25 heavy (non-hydrogen) atoms. The van der Waals surface area contributed by atoms with Gasteiger partial charge in [0.2, 0.25) is 0 Å². The first-order valence-electron chi connectivity index (χ1n) is 9.16. The highest BCUT2D eigenvalue weighted by Gasteiger charge is 2.17. The van der Waals surface area contributed by atoms with E-state index < -0.39 is 0 Å². The average Bonchev–Trinajstić information content (AvgIpc) is 2.61. The van der Waals surface area contributed by atoms with Gasteiger partial charge in [-0.1, -0.05) is 30.3 Å². The number of hydrogen-bond donors (Lipinski definition) is 0. The van der Waals surface area contributed by atoms with Crippen molar-refractivity contribution in [2.45, 2.75) is 52.5 Å². The standard InChI is InChI=1S/C20H31NO4/c1-4-24-19(22)13-15-21(16-14-20(23)25-5-2)17(3)11-12-18-9-7-6-8-10-18/h6-10,17H,4-5,11-16H2,1-3H3/t17-/m0/s1. The lowest BCUT2D eigenvalue weighted by atomic mass is 10.0. The van der Waals surface area contributed by atoms with Gasteiger partial charge in [0.15, 0.2) is 0 Å². The Kier molecular flexibility index (Phi) is 10.6. The molecule has 1 aromatic carbocycles. The summed E-state index contributed by atoms with van der Waals surface area (Å²) in [6, 6.07) is 10.6. The Morgan fingerprint density at radius 2 is 1.48 bits per heavy atom. The highest BCUT2D eigenvalue weighted by atomic mass is 16.5. The van der Waals surface area contributed by atoms with Crippen LogP contribution in [0.4, 0.5) is 0 Å². The summed E-state index contributed by atoms with van der Waals surface area (Å²) in [5.41, 5.74) is 1.30. The Morgan fingerprint density at radius 3 is 1.96 bits per heavy atom. The molecule has 0 aliphatic rings. The summed E-state index contributed by atoms with van der Waals surface area (Å²) < 4.78 is 10.0. The maximum absolute atomic E-state index is 11.6. The van der Waals surface area contributed by atoms with Gasteiger partial charge in [-0.05, 0) is 39.2 Å². The molecule has 140 valence electrons. The van der Waals surface area contributed by atoms with Crippen LogP contribution >= 0.6 is 0 Å². The highest BCUT2D eigenvalue weighted by Crippen LogP contribution is 2.12. The number of ether oxygens (including phenoxy) is 2. The fourth-order valence-electron chi connectivity index (χ4n) is 2.69. The third kappa shape index (κ3) is 9.25. The summed E-state index contributed by atoms with van der Waals surface area (Å²) in [5.74, 6) is -0.391. The van der Waals surface area contributed by atoms with Crippen molar-refractivity contribution >= 4 is 11.9 Å².